The van der Waals surface area contributed by atoms with Crippen LogP contribution in [0.1, 0.15) is 25.3 Å². The van der Waals surface area contributed by atoms with Crippen LogP contribution in [-0.2, 0) is 0 Å². The van der Waals surface area contributed by atoms with Gasteiger partial charge in [-0.15, -0.1) is 0 Å². The summed E-state index contributed by atoms with van der Waals surface area (Å²) in [6.07, 6.45) is 0. The molecule has 1 rings (SSSR count). The molecule has 66 valence electrons. The first-order chi connectivity index (χ1) is 5.65. The molecule has 0 amide bonds. The van der Waals surface area contributed by atoms with Crippen molar-refractivity contribution in [2.45, 2.75) is 19.8 Å². The van der Waals surface area contributed by atoms with Gasteiger partial charge in [0.2, 0.25) is 0 Å². The van der Waals surface area contributed by atoms with Crippen molar-refractivity contribution in [3.63, 3.8) is 0 Å². The maximum atomic E-state index is 5.19. The minimum atomic E-state index is 0.548. The Morgan fingerprint density at radius 1 is 1.33 bits per heavy atom. The lowest BCUT2D eigenvalue weighted by molar-refractivity contribution is 0.411. The minimum absolute atomic E-state index is 0.548. The van der Waals surface area contributed by atoms with E-state index in [0.717, 1.165) is 10.2 Å². The molecule has 0 aliphatic rings. The topological polar surface area (TPSA) is 9.23 Å². The Morgan fingerprint density at radius 3 is 2.50 bits per heavy atom. The van der Waals surface area contributed by atoms with Crippen molar-refractivity contribution in [3.8, 4) is 5.75 Å². The van der Waals surface area contributed by atoms with E-state index in [1.807, 2.05) is 6.07 Å². The standard InChI is InChI=1S/C10H13BrO/c1-7(2)8-4-5-9(11)10(6-8)12-3/h4-7H,1-3H3. The van der Waals surface area contributed by atoms with Crippen LogP contribution in [0.2, 0.25) is 0 Å². The first-order valence-corrected chi connectivity index (χ1v) is 4.78. The van der Waals surface area contributed by atoms with Crippen molar-refractivity contribution in [1.82, 2.24) is 0 Å². The Hall–Kier alpha value is -0.500. The molecule has 0 radical (unpaired) electrons. The molecule has 1 aromatic rings. The molecule has 0 N–H and O–H groups in total. The number of rotatable bonds is 2. The van der Waals surface area contributed by atoms with Crippen molar-refractivity contribution in [2.75, 3.05) is 7.11 Å². The van der Waals surface area contributed by atoms with Crippen LogP contribution in [0.4, 0.5) is 0 Å². The summed E-state index contributed by atoms with van der Waals surface area (Å²) in [4.78, 5) is 0. The molecule has 0 saturated heterocycles. The zero-order valence-electron chi connectivity index (χ0n) is 7.60. The SMILES string of the molecule is COc1cc(C(C)C)ccc1Br. The molecule has 12 heavy (non-hydrogen) atoms. The van der Waals surface area contributed by atoms with Crippen LogP contribution in [0.25, 0.3) is 0 Å². The molecule has 0 atom stereocenters. The Labute approximate surface area is 81.9 Å². The Kier molecular flexibility index (Phi) is 3.15. The second-order valence-electron chi connectivity index (χ2n) is 3.05. The van der Waals surface area contributed by atoms with E-state index < -0.39 is 0 Å². The predicted molar refractivity (Wildman–Crippen MR) is 54.8 cm³/mol. The van der Waals surface area contributed by atoms with E-state index in [0.29, 0.717) is 5.92 Å². The van der Waals surface area contributed by atoms with Crippen LogP contribution in [0.3, 0.4) is 0 Å². The zero-order chi connectivity index (χ0) is 9.14. The summed E-state index contributed by atoms with van der Waals surface area (Å²) in [7, 11) is 1.68. The first kappa shape index (κ1) is 9.59. The van der Waals surface area contributed by atoms with Gasteiger partial charge < -0.3 is 4.74 Å². The Morgan fingerprint density at radius 2 is 2.00 bits per heavy atom. The normalized spacial score (nSPS) is 10.4. The fraction of sp³-hybridized carbons (Fsp3) is 0.400. The van der Waals surface area contributed by atoms with E-state index >= 15 is 0 Å². The largest absolute Gasteiger partial charge is 0.496 e. The van der Waals surface area contributed by atoms with Crippen molar-refractivity contribution in [1.29, 1.82) is 0 Å². The van der Waals surface area contributed by atoms with Crippen molar-refractivity contribution in [3.05, 3.63) is 28.2 Å². The predicted octanol–water partition coefficient (Wildman–Crippen LogP) is 3.58. The third-order valence-corrected chi connectivity index (χ3v) is 2.50. The van der Waals surface area contributed by atoms with Crippen molar-refractivity contribution >= 4 is 15.9 Å². The average molecular weight is 229 g/mol. The van der Waals surface area contributed by atoms with Gasteiger partial charge in [-0.1, -0.05) is 19.9 Å². The molecule has 0 unspecified atom stereocenters. The molecule has 0 heterocycles. The van der Waals surface area contributed by atoms with E-state index in [1.165, 1.54) is 5.56 Å². The third-order valence-electron chi connectivity index (χ3n) is 1.84. The van der Waals surface area contributed by atoms with Crippen LogP contribution in [0.15, 0.2) is 22.7 Å². The van der Waals surface area contributed by atoms with Gasteiger partial charge in [0.1, 0.15) is 5.75 Å². The maximum Gasteiger partial charge on any atom is 0.133 e. The van der Waals surface area contributed by atoms with Crippen LogP contribution >= 0.6 is 15.9 Å². The zero-order valence-corrected chi connectivity index (χ0v) is 9.18. The molecular weight excluding hydrogens is 216 g/mol. The van der Waals surface area contributed by atoms with Gasteiger partial charge in [0.15, 0.2) is 0 Å². The smallest absolute Gasteiger partial charge is 0.133 e. The Bertz CT molecular complexity index is 269. The van der Waals surface area contributed by atoms with Crippen LogP contribution in [0, 0.1) is 0 Å². The molecule has 1 aromatic carbocycles. The second kappa shape index (κ2) is 3.94. The number of halogens is 1. The summed E-state index contributed by atoms with van der Waals surface area (Å²) in [5, 5.41) is 0. The molecule has 1 nitrogen and oxygen atoms in total. The van der Waals surface area contributed by atoms with Gasteiger partial charge in [-0.3, -0.25) is 0 Å². The number of methoxy groups -OCH3 is 1. The van der Waals surface area contributed by atoms with E-state index in [2.05, 4.69) is 41.9 Å². The molecule has 0 aliphatic heterocycles. The lowest BCUT2D eigenvalue weighted by Gasteiger charge is -2.08. The maximum absolute atomic E-state index is 5.19. The highest BCUT2D eigenvalue weighted by molar-refractivity contribution is 9.10. The highest BCUT2D eigenvalue weighted by atomic mass is 79.9. The van der Waals surface area contributed by atoms with Gasteiger partial charge in [0.05, 0.1) is 11.6 Å². The molecule has 0 spiro atoms. The highest BCUT2D eigenvalue weighted by Crippen LogP contribution is 2.28. The summed E-state index contributed by atoms with van der Waals surface area (Å²) in [6.45, 7) is 4.34. The first-order valence-electron chi connectivity index (χ1n) is 3.98. The minimum Gasteiger partial charge on any atom is -0.496 e. The molecule has 0 saturated carbocycles. The van der Waals surface area contributed by atoms with E-state index in [9.17, 15) is 0 Å². The van der Waals surface area contributed by atoms with Gasteiger partial charge >= 0.3 is 0 Å². The highest BCUT2D eigenvalue weighted by Gasteiger charge is 2.03. The summed E-state index contributed by atoms with van der Waals surface area (Å²) in [5.41, 5.74) is 1.30. The fourth-order valence-electron chi connectivity index (χ4n) is 1.04. The van der Waals surface area contributed by atoms with Crippen LogP contribution in [-0.4, -0.2) is 7.11 Å². The van der Waals surface area contributed by atoms with Crippen LogP contribution < -0.4 is 4.74 Å². The summed E-state index contributed by atoms with van der Waals surface area (Å²) in [6, 6.07) is 6.19. The number of ether oxygens (including phenoxy) is 1. The summed E-state index contributed by atoms with van der Waals surface area (Å²) >= 11 is 3.41. The summed E-state index contributed by atoms with van der Waals surface area (Å²) < 4.78 is 6.20. The second-order valence-corrected chi connectivity index (χ2v) is 3.90. The quantitative estimate of drug-likeness (QED) is 0.753. The van der Waals surface area contributed by atoms with Crippen molar-refractivity contribution in [2.24, 2.45) is 0 Å². The fourth-order valence-corrected chi connectivity index (χ4v) is 1.44. The third kappa shape index (κ3) is 2.01. The van der Waals surface area contributed by atoms with Gasteiger partial charge in [-0.05, 0) is 39.5 Å². The van der Waals surface area contributed by atoms with Gasteiger partial charge in [0.25, 0.3) is 0 Å². The molecule has 0 bridgehead atoms. The number of hydrogen-bond donors (Lipinski definition) is 0. The molecular formula is C10H13BrO. The van der Waals surface area contributed by atoms with Crippen molar-refractivity contribution < 1.29 is 4.74 Å². The number of hydrogen-bond acceptors (Lipinski definition) is 1. The van der Waals surface area contributed by atoms with E-state index in [4.69, 9.17) is 4.74 Å². The van der Waals surface area contributed by atoms with E-state index in [-0.39, 0.29) is 0 Å². The molecule has 0 fully saturated rings. The van der Waals surface area contributed by atoms with Gasteiger partial charge in [-0.25, -0.2) is 0 Å². The number of benzene rings is 1. The van der Waals surface area contributed by atoms with Crippen LogP contribution in [0.5, 0.6) is 5.75 Å². The lowest BCUT2D eigenvalue weighted by Crippen LogP contribution is -1.90. The lowest BCUT2D eigenvalue weighted by atomic mass is 10.0. The average Bonchev–Trinajstić information content (AvgIpc) is 2.05. The van der Waals surface area contributed by atoms with Gasteiger partial charge in [-0.2, -0.15) is 0 Å². The van der Waals surface area contributed by atoms with E-state index in [1.54, 1.807) is 7.11 Å². The monoisotopic (exact) mass is 228 g/mol. The molecule has 0 aromatic heterocycles. The Balaban J connectivity index is 3.05. The molecule has 0 aliphatic carbocycles. The summed E-state index contributed by atoms with van der Waals surface area (Å²) in [5.74, 6) is 1.45. The molecule has 2 heteroatoms. The van der Waals surface area contributed by atoms with Gasteiger partial charge in [0, 0.05) is 0 Å².